The van der Waals surface area contributed by atoms with Crippen LogP contribution in [0.1, 0.15) is 24.6 Å². The van der Waals surface area contributed by atoms with Crippen LogP contribution >= 0.6 is 11.6 Å². The summed E-state index contributed by atoms with van der Waals surface area (Å²) in [4.78, 5) is 4.53. The van der Waals surface area contributed by atoms with Crippen molar-refractivity contribution in [3.63, 3.8) is 0 Å². The zero-order valence-corrected chi connectivity index (χ0v) is 13.6. The molecule has 0 fully saturated rings. The third kappa shape index (κ3) is 4.22. The van der Waals surface area contributed by atoms with Gasteiger partial charge in [-0.15, -0.1) is 0 Å². The van der Waals surface area contributed by atoms with Gasteiger partial charge in [-0.3, -0.25) is 4.57 Å². The zero-order chi connectivity index (χ0) is 15.2. The number of benzene rings is 1. The number of ether oxygens (including phenoxy) is 1. The van der Waals surface area contributed by atoms with Gasteiger partial charge in [0.2, 0.25) is 5.95 Å². The van der Waals surface area contributed by atoms with Gasteiger partial charge < -0.3 is 10.1 Å². The van der Waals surface area contributed by atoms with Crippen molar-refractivity contribution < 1.29 is 4.74 Å². The smallest absolute Gasteiger partial charge is 0.207 e. The second kappa shape index (κ2) is 7.48. The van der Waals surface area contributed by atoms with Crippen molar-refractivity contribution in [2.45, 2.75) is 27.2 Å². The van der Waals surface area contributed by atoms with Crippen molar-refractivity contribution >= 4 is 17.5 Å². The first kappa shape index (κ1) is 15.9. The minimum absolute atomic E-state index is 0.718. The van der Waals surface area contributed by atoms with E-state index >= 15 is 0 Å². The average Bonchev–Trinajstić information content (AvgIpc) is 2.82. The Hall–Kier alpha value is -1.52. The van der Waals surface area contributed by atoms with E-state index in [2.05, 4.69) is 23.3 Å². The molecule has 0 aliphatic heterocycles. The lowest BCUT2D eigenvalue weighted by molar-refractivity contribution is 0.147. The molecule has 2 rings (SSSR count). The molecular weight excluding hydrogens is 286 g/mol. The predicted molar refractivity (Wildman–Crippen MR) is 87.6 cm³/mol. The lowest BCUT2D eigenvalue weighted by Crippen LogP contribution is -2.10. The van der Waals surface area contributed by atoms with Crippen LogP contribution in [0.2, 0.25) is 5.02 Å². The summed E-state index contributed by atoms with van der Waals surface area (Å²) >= 11 is 6.32. The molecule has 21 heavy (non-hydrogen) atoms. The second-order valence-electron chi connectivity index (χ2n) is 5.01. The molecule has 0 saturated carbocycles. The van der Waals surface area contributed by atoms with Gasteiger partial charge in [-0.1, -0.05) is 17.7 Å². The average molecular weight is 308 g/mol. The maximum atomic E-state index is 6.32. The molecule has 1 N–H and O–H groups in total. The minimum atomic E-state index is 0.718. The van der Waals surface area contributed by atoms with E-state index in [9.17, 15) is 0 Å². The Labute approximate surface area is 131 Å². The SMILES string of the molecule is CCOCCCNc1nc(C)cn1-c1cc(C)ccc1Cl. The normalized spacial score (nSPS) is 10.9. The van der Waals surface area contributed by atoms with Crippen LogP contribution in [-0.2, 0) is 4.74 Å². The number of rotatable bonds is 7. The quantitative estimate of drug-likeness (QED) is 0.786. The van der Waals surface area contributed by atoms with E-state index in [4.69, 9.17) is 16.3 Å². The summed E-state index contributed by atoms with van der Waals surface area (Å²) in [7, 11) is 0. The lowest BCUT2D eigenvalue weighted by Gasteiger charge is -2.12. The fourth-order valence-electron chi connectivity index (χ4n) is 2.13. The van der Waals surface area contributed by atoms with Crippen molar-refractivity contribution in [1.82, 2.24) is 9.55 Å². The van der Waals surface area contributed by atoms with Crippen LogP contribution in [0.25, 0.3) is 5.69 Å². The second-order valence-corrected chi connectivity index (χ2v) is 5.42. The van der Waals surface area contributed by atoms with Gasteiger partial charge in [0, 0.05) is 26.0 Å². The summed E-state index contributed by atoms with van der Waals surface area (Å²) in [5.41, 5.74) is 3.08. The summed E-state index contributed by atoms with van der Waals surface area (Å²) in [5.74, 6) is 0.816. The number of halogens is 1. The summed E-state index contributed by atoms with van der Waals surface area (Å²) in [5, 5.41) is 4.07. The highest BCUT2D eigenvalue weighted by Crippen LogP contribution is 2.25. The van der Waals surface area contributed by atoms with Gasteiger partial charge in [0.05, 0.1) is 16.4 Å². The molecular formula is C16H22ClN3O. The third-order valence-electron chi connectivity index (χ3n) is 3.14. The number of hydrogen-bond donors (Lipinski definition) is 1. The lowest BCUT2D eigenvalue weighted by atomic mass is 10.2. The third-order valence-corrected chi connectivity index (χ3v) is 3.46. The van der Waals surface area contributed by atoms with Crippen molar-refractivity contribution in [2.75, 3.05) is 25.1 Å². The molecule has 4 nitrogen and oxygen atoms in total. The van der Waals surface area contributed by atoms with Gasteiger partial charge in [0.15, 0.2) is 0 Å². The molecule has 1 aromatic carbocycles. The van der Waals surface area contributed by atoms with Gasteiger partial charge in [-0.25, -0.2) is 4.98 Å². The highest BCUT2D eigenvalue weighted by Gasteiger charge is 2.10. The summed E-state index contributed by atoms with van der Waals surface area (Å²) in [6.07, 6.45) is 2.94. The Bertz CT molecular complexity index is 595. The number of hydrogen-bond acceptors (Lipinski definition) is 3. The molecule has 0 bridgehead atoms. The van der Waals surface area contributed by atoms with Crippen LogP contribution < -0.4 is 5.32 Å². The van der Waals surface area contributed by atoms with E-state index in [1.54, 1.807) is 0 Å². The van der Waals surface area contributed by atoms with E-state index in [0.717, 1.165) is 48.5 Å². The van der Waals surface area contributed by atoms with Crippen LogP contribution in [0, 0.1) is 13.8 Å². The van der Waals surface area contributed by atoms with Crippen molar-refractivity contribution in [3.8, 4) is 5.69 Å². The topological polar surface area (TPSA) is 39.1 Å². The Morgan fingerprint density at radius 1 is 1.33 bits per heavy atom. The zero-order valence-electron chi connectivity index (χ0n) is 12.8. The maximum absolute atomic E-state index is 6.32. The molecule has 0 radical (unpaired) electrons. The maximum Gasteiger partial charge on any atom is 0.207 e. The van der Waals surface area contributed by atoms with Crippen molar-refractivity contribution in [1.29, 1.82) is 0 Å². The Kier molecular flexibility index (Phi) is 5.65. The predicted octanol–water partition coefficient (Wildman–Crippen LogP) is 3.98. The number of aryl methyl sites for hydroxylation is 2. The monoisotopic (exact) mass is 307 g/mol. The number of aromatic nitrogens is 2. The van der Waals surface area contributed by atoms with Crippen LogP contribution in [-0.4, -0.2) is 29.3 Å². The number of anilines is 1. The van der Waals surface area contributed by atoms with Crippen LogP contribution in [0.4, 0.5) is 5.95 Å². The first-order chi connectivity index (χ1) is 10.1. The van der Waals surface area contributed by atoms with Gasteiger partial charge in [0.25, 0.3) is 0 Å². The number of nitrogens with one attached hydrogen (secondary N) is 1. The van der Waals surface area contributed by atoms with Gasteiger partial charge in [-0.05, 0) is 44.9 Å². The van der Waals surface area contributed by atoms with E-state index in [1.807, 2.05) is 36.7 Å². The summed E-state index contributed by atoms with van der Waals surface area (Å²) in [6, 6.07) is 5.99. The van der Waals surface area contributed by atoms with Crippen LogP contribution in [0.5, 0.6) is 0 Å². The number of imidazole rings is 1. The molecule has 0 unspecified atom stereocenters. The molecule has 0 saturated heterocycles. The molecule has 5 heteroatoms. The standard InChI is InChI=1S/C16H22ClN3O/c1-4-21-9-5-8-18-16-19-13(3)11-20(16)15-10-12(2)6-7-14(15)17/h6-7,10-11H,4-5,8-9H2,1-3H3,(H,18,19). The van der Waals surface area contributed by atoms with E-state index in [0.29, 0.717) is 0 Å². The molecule has 2 aromatic rings. The first-order valence-electron chi connectivity index (χ1n) is 7.26. The van der Waals surface area contributed by atoms with Gasteiger partial charge in [-0.2, -0.15) is 0 Å². The summed E-state index contributed by atoms with van der Waals surface area (Å²) in [6.45, 7) is 8.37. The van der Waals surface area contributed by atoms with Gasteiger partial charge in [0.1, 0.15) is 0 Å². The Morgan fingerprint density at radius 2 is 2.14 bits per heavy atom. The molecule has 114 valence electrons. The van der Waals surface area contributed by atoms with Crippen molar-refractivity contribution in [3.05, 3.63) is 40.7 Å². The van der Waals surface area contributed by atoms with Crippen LogP contribution in [0.15, 0.2) is 24.4 Å². The summed E-state index contributed by atoms with van der Waals surface area (Å²) < 4.78 is 7.34. The fourth-order valence-corrected chi connectivity index (χ4v) is 2.34. The first-order valence-corrected chi connectivity index (χ1v) is 7.63. The highest BCUT2D eigenvalue weighted by atomic mass is 35.5. The molecule has 0 atom stereocenters. The van der Waals surface area contributed by atoms with Gasteiger partial charge >= 0.3 is 0 Å². The molecule has 0 amide bonds. The molecule has 0 aliphatic rings. The Balaban J connectivity index is 2.14. The molecule has 1 aromatic heterocycles. The van der Waals surface area contributed by atoms with Crippen molar-refractivity contribution in [2.24, 2.45) is 0 Å². The molecule has 0 spiro atoms. The van der Waals surface area contributed by atoms with Crippen LogP contribution in [0.3, 0.4) is 0 Å². The molecule has 0 aliphatic carbocycles. The van der Waals surface area contributed by atoms with E-state index in [-0.39, 0.29) is 0 Å². The highest BCUT2D eigenvalue weighted by molar-refractivity contribution is 6.32. The van der Waals surface area contributed by atoms with E-state index in [1.165, 1.54) is 5.56 Å². The number of nitrogens with zero attached hydrogens (tertiary/aromatic N) is 2. The minimum Gasteiger partial charge on any atom is -0.382 e. The fraction of sp³-hybridized carbons (Fsp3) is 0.438. The Morgan fingerprint density at radius 3 is 2.90 bits per heavy atom. The largest absolute Gasteiger partial charge is 0.382 e. The van der Waals surface area contributed by atoms with E-state index < -0.39 is 0 Å². The molecule has 1 heterocycles.